The molecule has 8 nitrogen and oxygen atoms in total. The van der Waals surface area contributed by atoms with Crippen molar-refractivity contribution in [3.05, 3.63) is 53.6 Å². The summed E-state index contributed by atoms with van der Waals surface area (Å²) in [4.78, 5) is 34.7. The highest BCUT2D eigenvalue weighted by atomic mass is 19.1. The SMILES string of the molecule is CC(=O)NOCC[C@H]1CCCN(Cc2ccc(F)c(NC(=O)Nc3ccc(C)nc3)c2)C1. The number of hydrogen-bond acceptors (Lipinski definition) is 5. The molecule has 0 aliphatic carbocycles. The van der Waals surface area contributed by atoms with Crippen molar-refractivity contribution in [3.8, 4) is 0 Å². The van der Waals surface area contributed by atoms with Gasteiger partial charge in [0.2, 0.25) is 5.91 Å². The molecule has 3 amide bonds. The number of likely N-dealkylation sites (tertiary alicyclic amines) is 1. The maximum Gasteiger partial charge on any atom is 0.323 e. The van der Waals surface area contributed by atoms with Crippen molar-refractivity contribution in [2.24, 2.45) is 5.92 Å². The summed E-state index contributed by atoms with van der Waals surface area (Å²) < 4.78 is 14.3. The van der Waals surface area contributed by atoms with Gasteiger partial charge in [-0.05, 0) is 68.5 Å². The Hall–Kier alpha value is -3.04. The molecule has 2 aromatic rings. The van der Waals surface area contributed by atoms with Crippen molar-refractivity contribution in [1.29, 1.82) is 0 Å². The summed E-state index contributed by atoms with van der Waals surface area (Å²) in [6.45, 7) is 6.29. The average Bonchev–Trinajstić information content (AvgIpc) is 2.75. The Kier molecular flexibility index (Phi) is 8.52. The highest BCUT2D eigenvalue weighted by Crippen LogP contribution is 2.23. The van der Waals surface area contributed by atoms with Crippen LogP contribution in [0.3, 0.4) is 0 Å². The van der Waals surface area contributed by atoms with Crippen molar-refractivity contribution in [2.75, 3.05) is 30.3 Å². The van der Waals surface area contributed by atoms with E-state index in [-0.39, 0.29) is 11.6 Å². The third kappa shape index (κ3) is 7.58. The lowest BCUT2D eigenvalue weighted by Gasteiger charge is -2.32. The van der Waals surface area contributed by atoms with Gasteiger partial charge >= 0.3 is 6.03 Å². The van der Waals surface area contributed by atoms with E-state index in [0.717, 1.165) is 43.6 Å². The van der Waals surface area contributed by atoms with Crippen LogP contribution in [0.25, 0.3) is 0 Å². The van der Waals surface area contributed by atoms with E-state index in [4.69, 9.17) is 4.84 Å². The molecule has 32 heavy (non-hydrogen) atoms. The Morgan fingerprint density at radius 1 is 1.25 bits per heavy atom. The van der Waals surface area contributed by atoms with Crippen LogP contribution in [0.5, 0.6) is 0 Å². The van der Waals surface area contributed by atoms with E-state index in [0.29, 0.717) is 24.8 Å². The Labute approximate surface area is 187 Å². The molecule has 3 N–H and O–H groups in total. The summed E-state index contributed by atoms with van der Waals surface area (Å²) in [6, 6.07) is 7.79. The van der Waals surface area contributed by atoms with Crippen LogP contribution in [0.2, 0.25) is 0 Å². The lowest BCUT2D eigenvalue weighted by molar-refractivity contribution is -0.131. The molecule has 0 saturated carbocycles. The predicted molar refractivity (Wildman–Crippen MR) is 120 cm³/mol. The summed E-state index contributed by atoms with van der Waals surface area (Å²) >= 11 is 0. The number of carbonyl (C=O) groups is 2. The van der Waals surface area contributed by atoms with Crippen molar-refractivity contribution >= 4 is 23.3 Å². The van der Waals surface area contributed by atoms with Crippen LogP contribution in [0.1, 0.15) is 37.4 Å². The van der Waals surface area contributed by atoms with Crippen LogP contribution in [-0.2, 0) is 16.2 Å². The van der Waals surface area contributed by atoms with Gasteiger partial charge in [0, 0.05) is 25.7 Å². The molecule has 0 radical (unpaired) electrons. The molecule has 0 spiro atoms. The number of amides is 3. The first-order valence-electron chi connectivity index (χ1n) is 10.8. The number of nitrogens with one attached hydrogen (secondary N) is 3. The molecule has 2 heterocycles. The zero-order chi connectivity index (χ0) is 22.9. The first kappa shape index (κ1) is 23.6. The van der Waals surface area contributed by atoms with Crippen molar-refractivity contribution in [2.45, 2.75) is 39.7 Å². The Morgan fingerprint density at radius 2 is 2.09 bits per heavy atom. The number of urea groups is 1. The molecule has 172 valence electrons. The maximum atomic E-state index is 14.3. The van der Waals surface area contributed by atoms with Gasteiger partial charge in [-0.15, -0.1) is 0 Å². The molecular weight excluding hydrogens is 413 g/mol. The number of hydrogen-bond donors (Lipinski definition) is 3. The second-order valence-corrected chi connectivity index (χ2v) is 8.12. The van der Waals surface area contributed by atoms with E-state index >= 15 is 0 Å². The zero-order valence-corrected chi connectivity index (χ0v) is 18.5. The van der Waals surface area contributed by atoms with Gasteiger partial charge in [0.15, 0.2) is 0 Å². The number of pyridine rings is 1. The Bertz CT molecular complexity index is 922. The quantitative estimate of drug-likeness (QED) is 0.426. The molecule has 1 aromatic heterocycles. The largest absolute Gasteiger partial charge is 0.323 e. The number of anilines is 2. The number of benzene rings is 1. The standard InChI is InChI=1S/C23H30FN5O3/c1-16-5-7-20(13-25-16)26-23(31)27-22-12-19(6-8-21(22)24)15-29-10-3-4-18(14-29)9-11-32-28-17(2)30/h5-8,12-13,18H,3-4,9-11,14-15H2,1-2H3,(H,28,30)(H2,26,27,31)/t18-/m1/s1. The van der Waals surface area contributed by atoms with E-state index in [9.17, 15) is 14.0 Å². The van der Waals surface area contributed by atoms with Gasteiger partial charge in [0.1, 0.15) is 5.82 Å². The average molecular weight is 444 g/mol. The lowest BCUT2D eigenvalue weighted by atomic mass is 9.95. The number of rotatable bonds is 8. The fourth-order valence-corrected chi connectivity index (χ4v) is 3.76. The minimum absolute atomic E-state index is 0.136. The Morgan fingerprint density at radius 3 is 2.84 bits per heavy atom. The second kappa shape index (κ2) is 11.5. The number of piperidine rings is 1. The predicted octanol–water partition coefficient (Wildman–Crippen LogP) is 3.84. The van der Waals surface area contributed by atoms with E-state index in [1.165, 1.54) is 13.0 Å². The fraction of sp³-hybridized carbons (Fsp3) is 0.435. The third-order valence-electron chi connectivity index (χ3n) is 5.30. The second-order valence-electron chi connectivity index (χ2n) is 8.12. The van der Waals surface area contributed by atoms with Crippen LogP contribution < -0.4 is 16.1 Å². The van der Waals surface area contributed by atoms with Gasteiger partial charge in [-0.2, -0.15) is 0 Å². The molecule has 3 rings (SSSR count). The monoisotopic (exact) mass is 443 g/mol. The van der Waals surface area contributed by atoms with Gasteiger partial charge in [0.25, 0.3) is 0 Å². The first-order valence-corrected chi connectivity index (χ1v) is 10.8. The van der Waals surface area contributed by atoms with Gasteiger partial charge in [-0.1, -0.05) is 6.07 Å². The van der Waals surface area contributed by atoms with Crippen LogP contribution in [0, 0.1) is 18.7 Å². The molecule has 1 aromatic carbocycles. The molecule has 9 heteroatoms. The molecule has 1 aliphatic heterocycles. The first-order chi connectivity index (χ1) is 15.4. The van der Waals surface area contributed by atoms with E-state index in [1.54, 1.807) is 30.5 Å². The molecule has 1 atom stereocenters. The molecule has 1 aliphatic rings. The highest BCUT2D eigenvalue weighted by Gasteiger charge is 2.20. The summed E-state index contributed by atoms with van der Waals surface area (Å²) in [5.41, 5.74) is 4.79. The number of aryl methyl sites for hydroxylation is 1. The molecular formula is C23H30FN5O3. The summed E-state index contributed by atoms with van der Waals surface area (Å²) in [5.74, 6) is -0.220. The van der Waals surface area contributed by atoms with E-state index in [2.05, 4.69) is 26.0 Å². The van der Waals surface area contributed by atoms with Crippen LogP contribution >= 0.6 is 0 Å². The molecule has 1 saturated heterocycles. The lowest BCUT2D eigenvalue weighted by Crippen LogP contribution is -2.35. The zero-order valence-electron chi connectivity index (χ0n) is 18.5. The summed E-state index contributed by atoms with van der Waals surface area (Å²) in [6.07, 6.45) is 4.60. The van der Waals surface area contributed by atoms with E-state index < -0.39 is 11.8 Å². The summed E-state index contributed by atoms with van der Waals surface area (Å²) in [7, 11) is 0. The molecule has 0 unspecified atom stereocenters. The summed E-state index contributed by atoms with van der Waals surface area (Å²) in [5, 5.41) is 5.24. The number of nitrogens with zero attached hydrogens (tertiary/aromatic N) is 2. The molecule has 1 fully saturated rings. The molecule has 0 bridgehead atoms. The van der Waals surface area contributed by atoms with Gasteiger partial charge in [-0.3, -0.25) is 19.5 Å². The van der Waals surface area contributed by atoms with Crippen molar-refractivity contribution < 1.29 is 18.8 Å². The third-order valence-corrected chi connectivity index (χ3v) is 5.30. The topological polar surface area (TPSA) is 95.6 Å². The van der Waals surface area contributed by atoms with Crippen LogP contribution in [-0.4, -0.2) is 41.5 Å². The minimum Gasteiger partial charge on any atom is -0.306 e. The maximum absolute atomic E-state index is 14.3. The number of hydroxylamine groups is 1. The number of carbonyl (C=O) groups excluding carboxylic acids is 2. The number of aromatic nitrogens is 1. The van der Waals surface area contributed by atoms with Gasteiger partial charge in [-0.25, -0.2) is 14.7 Å². The normalized spacial score (nSPS) is 16.4. The van der Waals surface area contributed by atoms with Gasteiger partial charge < -0.3 is 10.6 Å². The van der Waals surface area contributed by atoms with Crippen molar-refractivity contribution in [1.82, 2.24) is 15.4 Å². The van der Waals surface area contributed by atoms with E-state index in [1.807, 2.05) is 6.92 Å². The highest BCUT2D eigenvalue weighted by molar-refractivity contribution is 5.99. The van der Waals surface area contributed by atoms with Crippen LogP contribution in [0.15, 0.2) is 36.5 Å². The minimum atomic E-state index is -0.524. The van der Waals surface area contributed by atoms with Crippen LogP contribution in [0.4, 0.5) is 20.6 Å². The van der Waals surface area contributed by atoms with Crippen molar-refractivity contribution in [3.63, 3.8) is 0 Å². The van der Waals surface area contributed by atoms with Gasteiger partial charge in [0.05, 0.1) is 24.2 Å². The fourth-order valence-electron chi connectivity index (χ4n) is 3.76. The smallest absolute Gasteiger partial charge is 0.306 e. The Balaban J connectivity index is 1.52. The number of halogens is 1.